The van der Waals surface area contributed by atoms with Crippen LogP contribution in [-0.2, 0) is 4.79 Å². The largest absolute Gasteiger partial charge is 0.352 e. The van der Waals surface area contributed by atoms with Crippen LogP contribution < -0.4 is 10.6 Å². The highest BCUT2D eigenvalue weighted by Gasteiger charge is 2.29. The maximum Gasteiger partial charge on any atom is 0.220 e. The van der Waals surface area contributed by atoms with E-state index < -0.39 is 0 Å². The summed E-state index contributed by atoms with van der Waals surface area (Å²) in [6, 6.07) is 0.432. The van der Waals surface area contributed by atoms with Gasteiger partial charge in [-0.25, -0.2) is 0 Å². The Kier molecular flexibility index (Phi) is 7.42. The van der Waals surface area contributed by atoms with Crippen molar-refractivity contribution in [3.8, 4) is 0 Å². The molecule has 2 rings (SSSR count). The molecule has 1 heterocycles. The Morgan fingerprint density at radius 1 is 1.39 bits per heavy atom. The number of halogens is 1. The molecule has 3 unspecified atom stereocenters. The molecule has 106 valence electrons. The first-order valence-corrected chi connectivity index (χ1v) is 7.96. The van der Waals surface area contributed by atoms with Crippen LogP contribution in [0.15, 0.2) is 0 Å². The van der Waals surface area contributed by atoms with Gasteiger partial charge in [0.05, 0.1) is 0 Å². The van der Waals surface area contributed by atoms with E-state index in [9.17, 15) is 4.79 Å². The van der Waals surface area contributed by atoms with E-state index in [1.165, 1.54) is 19.3 Å². The molecule has 1 amide bonds. The van der Waals surface area contributed by atoms with Gasteiger partial charge in [-0.05, 0) is 44.0 Å². The summed E-state index contributed by atoms with van der Waals surface area (Å²) >= 11 is 2.00. The summed E-state index contributed by atoms with van der Waals surface area (Å²) in [4.78, 5) is 12.0. The van der Waals surface area contributed by atoms with E-state index in [1.807, 2.05) is 11.8 Å². The Bertz CT molecular complexity index is 259. The first-order valence-electron chi connectivity index (χ1n) is 6.91. The third-order valence-corrected chi connectivity index (χ3v) is 5.14. The minimum Gasteiger partial charge on any atom is -0.352 e. The van der Waals surface area contributed by atoms with Crippen LogP contribution in [0.4, 0.5) is 0 Å². The van der Waals surface area contributed by atoms with Crippen LogP contribution in [0.2, 0.25) is 0 Å². The molecule has 5 heteroatoms. The van der Waals surface area contributed by atoms with Crippen molar-refractivity contribution in [2.75, 3.05) is 18.8 Å². The fourth-order valence-electron chi connectivity index (χ4n) is 2.92. The molecule has 1 saturated carbocycles. The Labute approximate surface area is 121 Å². The lowest BCUT2D eigenvalue weighted by atomic mass is 10.0. The number of carbonyl (C=O) groups excluding carboxylic acids is 1. The number of thioether (sulfide) groups is 1. The van der Waals surface area contributed by atoms with Crippen LogP contribution >= 0.6 is 24.2 Å². The Balaban J connectivity index is 0.00000162. The lowest BCUT2D eigenvalue weighted by Crippen LogP contribution is -2.39. The van der Waals surface area contributed by atoms with Gasteiger partial charge in [0.2, 0.25) is 5.91 Å². The molecule has 1 saturated heterocycles. The molecule has 3 nitrogen and oxygen atoms in total. The maximum absolute atomic E-state index is 12.0. The summed E-state index contributed by atoms with van der Waals surface area (Å²) in [5, 5.41) is 7.23. The molecule has 1 aliphatic carbocycles. The van der Waals surface area contributed by atoms with Crippen LogP contribution in [-0.4, -0.2) is 36.0 Å². The minimum atomic E-state index is 0. The zero-order chi connectivity index (χ0) is 12.1. The summed E-state index contributed by atoms with van der Waals surface area (Å²) in [5.41, 5.74) is 0. The first kappa shape index (κ1) is 16.1. The highest BCUT2D eigenvalue weighted by Crippen LogP contribution is 2.30. The van der Waals surface area contributed by atoms with Crippen LogP contribution in [0.1, 0.15) is 39.0 Å². The molecule has 1 aliphatic heterocycles. The van der Waals surface area contributed by atoms with Gasteiger partial charge < -0.3 is 10.6 Å². The molecule has 2 fully saturated rings. The Hall–Kier alpha value is 0.0700. The van der Waals surface area contributed by atoms with E-state index in [4.69, 9.17) is 0 Å². The van der Waals surface area contributed by atoms with Gasteiger partial charge in [-0.3, -0.25) is 4.79 Å². The fraction of sp³-hybridized carbons (Fsp3) is 0.923. The zero-order valence-corrected chi connectivity index (χ0v) is 12.7. The number of rotatable bonds is 5. The van der Waals surface area contributed by atoms with E-state index in [0.717, 1.165) is 25.3 Å². The monoisotopic (exact) mass is 292 g/mol. The Morgan fingerprint density at radius 2 is 2.22 bits per heavy atom. The van der Waals surface area contributed by atoms with E-state index in [2.05, 4.69) is 17.6 Å². The second kappa shape index (κ2) is 8.28. The summed E-state index contributed by atoms with van der Waals surface area (Å²) in [6.45, 7) is 4.30. The SMILES string of the molecule is CCSC1CCCC1NC(=O)CC1CCNC1.Cl. The molecule has 2 aliphatic rings. The predicted molar refractivity (Wildman–Crippen MR) is 80.5 cm³/mol. The van der Waals surface area contributed by atoms with Crippen LogP contribution in [0.3, 0.4) is 0 Å². The van der Waals surface area contributed by atoms with E-state index in [-0.39, 0.29) is 18.3 Å². The van der Waals surface area contributed by atoms with Crippen LogP contribution in [0.5, 0.6) is 0 Å². The fourth-order valence-corrected chi connectivity index (χ4v) is 4.12. The van der Waals surface area contributed by atoms with Gasteiger partial charge in [0, 0.05) is 17.7 Å². The lowest BCUT2D eigenvalue weighted by molar-refractivity contribution is -0.122. The number of nitrogens with one attached hydrogen (secondary N) is 2. The molecular formula is C13H25ClN2OS. The number of amides is 1. The van der Waals surface area contributed by atoms with Crippen molar-refractivity contribution in [3.63, 3.8) is 0 Å². The molecular weight excluding hydrogens is 268 g/mol. The number of hydrogen-bond acceptors (Lipinski definition) is 3. The number of hydrogen-bond donors (Lipinski definition) is 2. The Morgan fingerprint density at radius 3 is 2.89 bits per heavy atom. The quantitative estimate of drug-likeness (QED) is 0.816. The van der Waals surface area contributed by atoms with Gasteiger partial charge in [-0.2, -0.15) is 11.8 Å². The molecule has 2 N–H and O–H groups in total. The average Bonchev–Trinajstić information content (AvgIpc) is 2.92. The van der Waals surface area contributed by atoms with Gasteiger partial charge in [0.1, 0.15) is 0 Å². The van der Waals surface area contributed by atoms with Gasteiger partial charge in [-0.15, -0.1) is 12.4 Å². The van der Waals surface area contributed by atoms with Gasteiger partial charge in [0.25, 0.3) is 0 Å². The van der Waals surface area contributed by atoms with Gasteiger partial charge in [0.15, 0.2) is 0 Å². The van der Waals surface area contributed by atoms with Gasteiger partial charge >= 0.3 is 0 Å². The van der Waals surface area contributed by atoms with E-state index in [1.54, 1.807) is 0 Å². The van der Waals surface area contributed by atoms with Crippen molar-refractivity contribution in [2.45, 2.75) is 50.3 Å². The highest BCUT2D eigenvalue weighted by atomic mass is 35.5. The number of carbonyl (C=O) groups is 1. The third kappa shape index (κ3) is 4.63. The smallest absolute Gasteiger partial charge is 0.220 e. The van der Waals surface area contributed by atoms with Crippen molar-refractivity contribution in [2.24, 2.45) is 5.92 Å². The molecule has 18 heavy (non-hydrogen) atoms. The minimum absolute atomic E-state index is 0. The molecule has 0 aromatic rings. The summed E-state index contributed by atoms with van der Waals surface area (Å²) in [6.07, 6.45) is 5.59. The molecule has 0 aromatic heterocycles. The second-order valence-electron chi connectivity index (χ2n) is 5.16. The van der Waals surface area contributed by atoms with Crippen molar-refractivity contribution in [1.29, 1.82) is 0 Å². The zero-order valence-electron chi connectivity index (χ0n) is 11.1. The molecule has 0 spiro atoms. The normalized spacial score (nSPS) is 31.1. The summed E-state index contributed by atoms with van der Waals surface area (Å²) < 4.78 is 0. The summed E-state index contributed by atoms with van der Waals surface area (Å²) in [5.74, 6) is 1.99. The van der Waals surface area contributed by atoms with E-state index in [0.29, 0.717) is 23.6 Å². The molecule has 0 aromatic carbocycles. The molecule has 3 atom stereocenters. The van der Waals surface area contributed by atoms with Crippen molar-refractivity contribution >= 4 is 30.1 Å². The topological polar surface area (TPSA) is 41.1 Å². The van der Waals surface area contributed by atoms with Gasteiger partial charge in [-0.1, -0.05) is 13.3 Å². The van der Waals surface area contributed by atoms with Crippen LogP contribution in [0.25, 0.3) is 0 Å². The predicted octanol–water partition coefficient (Wildman–Crippen LogP) is 2.20. The molecule has 0 radical (unpaired) electrons. The summed E-state index contributed by atoms with van der Waals surface area (Å²) in [7, 11) is 0. The van der Waals surface area contributed by atoms with Crippen molar-refractivity contribution in [3.05, 3.63) is 0 Å². The second-order valence-corrected chi connectivity index (χ2v) is 6.68. The molecule has 0 bridgehead atoms. The van der Waals surface area contributed by atoms with Crippen molar-refractivity contribution < 1.29 is 4.79 Å². The van der Waals surface area contributed by atoms with E-state index >= 15 is 0 Å². The first-order chi connectivity index (χ1) is 8.29. The highest BCUT2D eigenvalue weighted by molar-refractivity contribution is 7.99. The standard InChI is InChI=1S/C13H24N2OS.ClH/c1-2-17-12-5-3-4-11(12)15-13(16)8-10-6-7-14-9-10;/h10-12,14H,2-9H2,1H3,(H,15,16);1H. The lowest BCUT2D eigenvalue weighted by Gasteiger charge is -2.21. The third-order valence-electron chi connectivity index (χ3n) is 3.82. The average molecular weight is 293 g/mol. The van der Waals surface area contributed by atoms with Crippen LogP contribution in [0, 0.1) is 5.92 Å². The maximum atomic E-state index is 12.0. The van der Waals surface area contributed by atoms with Crippen molar-refractivity contribution in [1.82, 2.24) is 10.6 Å².